The van der Waals surface area contributed by atoms with Gasteiger partial charge >= 0.3 is 5.97 Å². The number of hydrogen-bond acceptors (Lipinski definition) is 2. The molecule has 0 aromatic heterocycles. The number of carbonyl (C=O) groups is 1. The number of hydrogen-bond donors (Lipinski definition) is 1. The fourth-order valence-electron chi connectivity index (χ4n) is 1.50. The standard InChI is InChI=1S/C10H10O3.CH4/c11-10(12)9-6-5-7-3-1-2-4-8(7)13-9;/h1-4,9H,5-6H2,(H,11,12);1H4. The van der Waals surface area contributed by atoms with Crippen molar-refractivity contribution in [2.24, 2.45) is 0 Å². The second kappa shape index (κ2) is 4.13. The van der Waals surface area contributed by atoms with Gasteiger partial charge in [-0.15, -0.1) is 0 Å². The smallest absolute Gasteiger partial charge is 0.344 e. The van der Waals surface area contributed by atoms with Gasteiger partial charge in [0.05, 0.1) is 0 Å². The molecule has 0 saturated heterocycles. The fraction of sp³-hybridized carbons (Fsp3) is 0.364. The summed E-state index contributed by atoms with van der Waals surface area (Å²) in [5.41, 5.74) is 1.10. The van der Waals surface area contributed by atoms with E-state index in [1.165, 1.54) is 0 Å². The lowest BCUT2D eigenvalue weighted by atomic mass is 10.0. The molecular formula is C11H14O3. The lowest BCUT2D eigenvalue weighted by molar-refractivity contribution is -0.145. The van der Waals surface area contributed by atoms with Gasteiger partial charge in [-0.05, 0) is 24.5 Å². The first-order chi connectivity index (χ1) is 6.27. The summed E-state index contributed by atoms with van der Waals surface area (Å²) in [5.74, 6) is -0.171. The van der Waals surface area contributed by atoms with Crippen molar-refractivity contribution in [3.8, 4) is 5.75 Å². The van der Waals surface area contributed by atoms with E-state index in [9.17, 15) is 4.79 Å². The molecule has 1 aromatic rings. The molecular weight excluding hydrogens is 180 g/mol. The maximum Gasteiger partial charge on any atom is 0.344 e. The summed E-state index contributed by atoms with van der Waals surface area (Å²) in [6.07, 6.45) is 0.675. The zero-order chi connectivity index (χ0) is 9.26. The summed E-state index contributed by atoms with van der Waals surface area (Å²) in [4.78, 5) is 10.6. The molecule has 1 atom stereocenters. The number of aryl methyl sites for hydroxylation is 1. The summed E-state index contributed by atoms with van der Waals surface area (Å²) >= 11 is 0. The average Bonchev–Trinajstić information content (AvgIpc) is 2.17. The molecule has 3 heteroatoms. The van der Waals surface area contributed by atoms with E-state index in [1.807, 2.05) is 24.3 Å². The van der Waals surface area contributed by atoms with Crippen molar-refractivity contribution >= 4 is 5.97 Å². The molecule has 1 heterocycles. The second-order valence-corrected chi connectivity index (χ2v) is 3.09. The topological polar surface area (TPSA) is 46.5 Å². The van der Waals surface area contributed by atoms with Crippen LogP contribution in [0.15, 0.2) is 24.3 Å². The van der Waals surface area contributed by atoms with Crippen molar-refractivity contribution in [2.75, 3.05) is 0 Å². The number of rotatable bonds is 1. The SMILES string of the molecule is C.O=C(O)C1CCc2ccccc2O1. The first kappa shape index (κ1) is 10.6. The Morgan fingerprint density at radius 3 is 2.86 bits per heavy atom. The van der Waals surface area contributed by atoms with Gasteiger partial charge in [0, 0.05) is 0 Å². The summed E-state index contributed by atoms with van der Waals surface area (Å²) in [7, 11) is 0. The highest BCUT2D eigenvalue weighted by molar-refractivity contribution is 5.73. The Morgan fingerprint density at radius 1 is 1.43 bits per heavy atom. The highest BCUT2D eigenvalue weighted by atomic mass is 16.5. The van der Waals surface area contributed by atoms with E-state index in [2.05, 4.69) is 0 Å². The van der Waals surface area contributed by atoms with Gasteiger partial charge in [-0.2, -0.15) is 0 Å². The van der Waals surface area contributed by atoms with Crippen molar-refractivity contribution in [1.29, 1.82) is 0 Å². The molecule has 14 heavy (non-hydrogen) atoms. The Labute approximate surface area is 83.3 Å². The van der Waals surface area contributed by atoms with Crippen LogP contribution in [0.2, 0.25) is 0 Å². The van der Waals surface area contributed by atoms with Gasteiger partial charge in [-0.1, -0.05) is 25.6 Å². The number of carboxylic acid groups (broad SMARTS) is 1. The van der Waals surface area contributed by atoms with E-state index in [0.717, 1.165) is 12.0 Å². The Balaban J connectivity index is 0.000000980. The van der Waals surface area contributed by atoms with Crippen molar-refractivity contribution < 1.29 is 14.6 Å². The van der Waals surface area contributed by atoms with Crippen LogP contribution in [0.3, 0.4) is 0 Å². The van der Waals surface area contributed by atoms with Crippen LogP contribution < -0.4 is 4.74 Å². The van der Waals surface area contributed by atoms with Gasteiger partial charge < -0.3 is 9.84 Å². The maximum absolute atomic E-state index is 10.6. The van der Waals surface area contributed by atoms with E-state index in [-0.39, 0.29) is 7.43 Å². The minimum absolute atomic E-state index is 0. The molecule has 0 spiro atoms. The maximum atomic E-state index is 10.6. The Morgan fingerprint density at radius 2 is 2.14 bits per heavy atom. The zero-order valence-electron chi connectivity index (χ0n) is 7.06. The number of para-hydroxylation sites is 1. The van der Waals surface area contributed by atoms with Crippen molar-refractivity contribution in [3.63, 3.8) is 0 Å². The quantitative estimate of drug-likeness (QED) is 0.744. The number of benzene rings is 1. The van der Waals surface area contributed by atoms with Gasteiger partial charge in [0.2, 0.25) is 0 Å². The van der Waals surface area contributed by atoms with Crippen LogP contribution in [0.25, 0.3) is 0 Å². The molecule has 1 unspecified atom stereocenters. The molecule has 0 saturated carbocycles. The molecule has 1 N–H and O–H groups in total. The summed E-state index contributed by atoms with van der Waals surface area (Å²) in [6.45, 7) is 0. The van der Waals surface area contributed by atoms with Gasteiger partial charge in [0.1, 0.15) is 5.75 Å². The third-order valence-electron chi connectivity index (χ3n) is 2.19. The Kier molecular flexibility index (Phi) is 3.12. The highest BCUT2D eigenvalue weighted by Gasteiger charge is 2.24. The van der Waals surface area contributed by atoms with Crippen LogP contribution in [-0.2, 0) is 11.2 Å². The van der Waals surface area contributed by atoms with Crippen LogP contribution in [0.4, 0.5) is 0 Å². The van der Waals surface area contributed by atoms with Crippen molar-refractivity contribution in [3.05, 3.63) is 29.8 Å². The van der Waals surface area contributed by atoms with Crippen LogP contribution in [-0.4, -0.2) is 17.2 Å². The summed E-state index contributed by atoms with van der Waals surface area (Å²) in [6, 6.07) is 7.56. The minimum atomic E-state index is -0.880. The van der Waals surface area contributed by atoms with Crippen LogP contribution in [0.1, 0.15) is 19.4 Å². The van der Waals surface area contributed by atoms with Crippen LogP contribution >= 0.6 is 0 Å². The molecule has 1 aliphatic heterocycles. The first-order valence-corrected chi connectivity index (χ1v) is 4.25. The normalized spacial score (nSPS) is 18.7. The zero-order valence-corrected chi connectivity index (χ0v) is 7.06. The summed E-state index contributed by atoms with van der Waals surface area (Å²) < 4.78 is 5.29. The number of ether oxygens (including phenoxy) is 1. The molecule has 3 nitrogen and oxygen atoms in total. The van der Waals surface area contributed by atoms with E-state index in [4.69, 9.17) is 9.84 Å². The van der Waals surface area contributed by atoms with Crippen LogP contribution in [0, 0.1) is 0 Å². The molecule has 1 aliphatic rings. The molecule has 0 aliphatic carbocycles. The number of aliphatic carboxylic acids is 1. The van der Waals surface area contributed by atoms with E-state index in [0.29, 0.717) is 12.2 Å². The van der Waals surface area contributed by atoms with E-state index < -0.39 is 12.1 Å². The lowest BCUT2D eigenvalue weighted by Gasteiger charge is -2.22. The molecule has 0 fully saturated rings. The molecule has 76 valence electrons. The fourth-order valence-corrected chi connectivity index (χ4v) is 1.50. The van der Waals surface area contributed by atoms with Crippen LogP contribution in [0.5, 0.6) is 5.75 Å². The predicted octanol–water partition coefficient (Wildman–Crippen LogP) is 2.10. The van der Waals surface area contributed by atoms with Gasteiger partial charge in [-0.25, -0.2) is 4.79 Å². The predicted molar refractivity (Wildman–Crippen MR) is 53.5 cm³/mol. The highest BCUT2D eigenvalue weighted by Crippen LogP contribution is 2.26. The number of carboxylic acids is 1. The van der Waals surface area contributed by atoms with Gasteiger partial charge in [0.15, 0.2) is 6.10 Å². The second-order valence-electron chi connectivity index (χ2n) is 3.09. The molecule has 0 amide bonds. The first-order valence-electron chi connectivity index (χ1n) is 4.25. The lowest BCUT2D eigenvalue weighted by Crippen LogP contribution is -2.30. The number of fused-ring (bicyclic) bond motifs is 1. The minimum Gasteiger partial charge on any atom is -0.479 e. The molecule has 0 bridgehead atoms. The van der Waals surface area contributed by atoms with E-state index in [1.54, 1.807) is 0 Å². The largest absolute Gasteiger partial charge is 0.479 e. The average molecular weight is 194 g/mol. The van der Waals surface area contributed by atoms with E-state index >= 15 is 0 Å². The third-order valence-corrected chi connectivity index (χ3v) is 2.19. The Bertz CT molecular complexity index is 333. The molecule has 1 aromatic carbocycles. The van der Waals surface area contributed by atoms with Crippen molar-refractivity contribution in [2.45, 2.75) is 26.4 Å². The Hall–Kier alpha value is -1.51. The van der Waals surface area contributed by atoms with Gasteiger partial charge in [0.25, 0.3) is 0 Å². The molecule has 0 radical (unpaired) electrons. The monoisotopic (exact) mass is 194 g/mol. The third kappa shape index (κ3) is 1.87. The molecule has 2 rings (SSSR count). The van der Waals surface area contributed by atoms with Crippen molar-refractivity contribution in [1.82, 2.24) is 0 Å². The summed E-state index contributed by atoms with van der Waals surface area (Å²) in [5, 5.41) is 8.74. The van der Waals surface area contributed by atoms with Gasteiger partial charge in [-0.3, -0.25) is 0 Å².